The van der Waals surface area contributed by atoms with E-state index in [1.807, 2.05) is 66.9 Å². The number of amides is 1. The lowest BCUT2D eigenvalue weighted by Crippen LogP contribution is -2.27. The maximum Gasteiger partial charge on any atom is 0.272 e. The molecule has 0 radical (unpaired) electrons. The molecular formula is C24H27N3O4. The molecule has 162 valence electrons. The highest BCUT2D eigenvalue weighted by Crippen LogP contribution is 2.29. The predicted octanol–water partition coefficient (Wildman–Crippen LogP) is 3.88. The van der Waals surface area contributed by atoms with Gasteiger partial charge in [-0.2, -0.15) is 0 Å². The average Bonchev–Trinajstić information content (AvgIpc) is 3.21. The highest BCUT2D eigenvalue weighted by Gasteiger charge is 2.26. The first-order valence-electron chi connectivity index (χ1n) is 10.4. The third-order valence-corrected chi connectivity index (χ3v) is 5.18. The molecule has 0 aliphatic carbocycles. The highest BCUT2D eigenvalue weighted by molar-refractivity contribution is 5.93. The van der Waals surface area contributed by atoms with E-state index in [1.165, 1.54) is 0 Å². The van der Waals surface area contributed by atoms with Crippen LogP contribution < -0.4 is 14.8 Å². The van der Waals surface area contributed by atoms with E-state index in [0.29, 0.717) is 25.4 Å². The molecule has 1 aliphatic heterocycles. The largest absolute Gasteiger partial charge is 0.497 e. The molecule has 7 heteroatoms. The molecule has 0 spiro atoms. The van der Waals surface area contributed by atoms with Crippen LogP contribution in [0.2, 0.25) is 0 Å². The van der Waals surface area contributed by atoms with Crippen LogP contribution in [0.15, 0.2) is 54.9 Å². The zero-order valence-corrected chi connectivity index (χ0v) is 18.0. The predicted molar refractivity (Wildman–Crippen MR) is 116 cm³/mol. The van der Waals surface area contributed by atoms with E-state index in [4.69, 9.17) is 14.2 Å². The van der Waals surface area contributed by atoms with E-state index < -0.39 is 0 Å². The van der Waals surface area contributed by atoms with Gasteiger partial charge in [-0.15, -0.1) is 0 Å². The molecule has 1 aliphatic rings. The Bertz CT molecular complexity index is 1030. The highest BCUT2D eigenvalue weighted by atomic mass is 16.5. The van der Waals surface area contributed by atoms with Gasteiger partial charge in [-0.1, -0.05) is 24.3 Å². The van der Waals surface area contributed by atoms with Gasteiger partial charge in [0.05, 0.1) is 38.4 Å². The summed E-state index contributed by atoms with van der Waals surface area (Å²) in [7, 11) is 1.65. The Labute approximate surface area is 182 Å². The van der Waals surface area contributed by atoms with Gasteiger partial charge in [0.15, 0.2) is 5.69 Å². The first kappa shape index (κ1) is 20.9. The maximum absolute atomic E-state index is 12.7. The lowest BCUT2D eigenvalue weighted by atomic mass is 10.1. The van der Waals surface area contributed by atoms with Crippen LogP contribution in [0.5, 0.6) is 11.5 Å². The molecule has 7 nitrogen and oxygen atoms in total. The van der Waals surface area contributed by atoms with Gasteiger partial charge in [0.1, 0.15) is 17.6 Å². The number of ether oxygens (including phenoxy) is 3. The summed E-state index contributed by atoms with van der Waals surface area (Å²) in [5, 5.41) is 2.94. The molecule has 0 saturated heterocycles. The first-order valence-corrected chi connectivity index (χ1v) is 10.4. The molecule has 31 heavy (non-hydrogen) atoms. The number of rotatable bonds is 7. The van der Waals surface area contributed by atoms with Crippen LogP contribution in [-0.4, -0.2) is 28.7 Å². The van der Waals surface area contributed by atoms with Crippen molar-refractivity contribution in [1.82, 2.24) is 14.9 Å². The van der Waals surface area contributed by atoms with Crippen molar-refractivity contribution >= 4 is 5.91 Å². The second-order valence-electron chi connectivity index (χ2n) is 7.76. The number of imidazole rings is 1. The van der Waals surface area contributed by atoms with Crippen LogP contribution in [0.3, 0.4) is 0 Å². The fourth-order valence-corrected chi connectivity index (χ4v) is 3.56. The van der Waals surface area contributed by atoms with E-state index in [9.17, 15) is 4.79 Å². The van der Waals surface area contributed by atoms with Crippen molar-refractivity contribution in [2.24, 2.45) is 0 Å². The van der Waals surface area contributed by atoms with Gasteiger partial charge in [-0.25, -0.2) is 4.98 Å². The van der Waals surface area contributed by atoms with Crippen LogP contribution in [-0.2, 0) is 24.4 Å². The Morgan fingerprint density at radius 3 is 2.55 bits per heavy atom. The van der Waals surface area contributed by atoms with Crippen molar-refractivity contribution in [3.63, 3.8) is 0 Å². The monoisotopic (exact) mass is 421 g/mol. The Morgan fingerprint density at radius 1 is 1.16 bits per heavy atom. The molecule has 1 atom stereocenters. The molecule has 2 heterocycles. The van der Waals surface area contributed by atoms with Gasteiger partial charge < -0.3 is 24.1 Å². The van der Waals surface area contributed by atoms with Crippen molar-refractivity contribution in [1.29, 1.82) is 0 Å². The molecule has 0 bridgehead atoms. The molecule has 1 aromatic heterocycles. The third kappa shape index (κ3) is 4.88. The lowest BCUT2D eigenvalue weighted by Gasteiger charge is -2.25. The number of fused-ring (bicyclic) bond motifs is 1. The van der Waals surface area contributed by atoms with Crippen molar-refractivity contribution in [2.45, 2.75) is 45.8 Å². The fourth-order valence-electron chi connectivity index (χ4n) is 3.56. The lowest BCUT2D eigenvalue weighted by molar-refractivity contribution is 0.00255. The quantitative estimate of drug-likeness (QED) is 0.627. The summed E-state index contributed by atoms with van der Waals surface area (Å²) in [4.78, 5) is 17.0. The Kier molecular flexibility index (Phi) is 6.23. The summed E-state index contributed by atoms with van der Waals surface area (Å²) >= 11 is 0. The minimum absolute atomic E-state index is 0.0879. The molecule has 0 saturated carbocycles. The minimum Gasteiger partial charge on any atom is -0.497 e. The molecule has 4 rings (SSSR count). The Morgan fingerprint density at radius 2 is 1.87 bits per heavy atom. The van der Waals surface area contributed by atoms with Crippen molar-refractivity contribution in [2.75, 3.05) is 7.11 Å². The number of methoxy groups -OCH3 is 1. The summed E-state index contributed by atoms with van der Waals surface area (Å²) in [5.41, 5.74) is 3.26. The van der Waals surface area contributed by atoms with Gasteiger partial charge in [-0.3, -0.25) is 4.79 Å². The smallest absolute Gasteiger partial charge is 0.272 e. The van der Waals surface area contributed by atoms with Crippen molar-refractivity contribution < 1.29 is 19.0 Å². The van der Waals surface area contributed by atoms with Crippen LogP contribution in [0.25, 0.3) is 0 Å². The number of nitrogens with zero attached hydrogens (tertiary/aromatic N) is 2. The number of hydrogen-bond acceptors (Lipinski definition) is 5. The molecular weight excluding hydrogens is 394 g/mol. The van der Waals surface area contributed by atoms with Gasteiger partial charge in [0.2, 0.25) is 0 Å². The number of aromatic nitrogens is 2. The van der Waals surface area contributed by atoms with Gasteiger partial charge in [0.25, 0.3) is 5.91 Å². The zero-order valence-electron chi connectivity index (χ0n) is 18.0. The Balaban J connectivity index is 1.37. The summed E-state index contributed by atoms with van der Waals surface area (Å²) < 4.78 is 18.9. The zero-order chi connectivity index (χ0) is 21.8. The topological polar surface area (TPSA) is 74.6 Å². The molecule has 3 aromatic rings. The fraction of sp³-hybridized carbons (Fsp3) is 0.333. The van der Waals surface area contributed by atoms with Crippen LogP contribution >= 0.6 is 0 Å². The summed E-state index contributed by atoms with van der Waals surface area (Å²) in [6.45, 7) is 5.34. The average molecular weight is 421 g/mol. The standard InChI is InChI=1S/C24H27N3O4/c1-16(2)31-20-8-4-17(5-9-20)12-25-24(28)23-21-14-30-22(13-27(21)15-26-23)18-6-10-19(29-3)11-7-18/h4-11,15-16,22H,12-14H2,1-3H3,(H,25,28)/t22-/m0/s1. The number of benzene rings is 2. The molecule has 1 N–H and O–H groups in total. The number of carbonyl (C=O) groups is 1. The Hall–Kier alpha value is -3.32. The van der Waals surface area contributed by atoms with E-state index in [2.05, 4.69) is 10.3 Å². The molecule has 1 amide bonds. The number of nitrogens with one attached hydrogen (secondary N) is 1. The summed E-state index contributed by atoms with van der Waals surface area (Å²) in [5.74, 6) is 1.42. The van der Waals surface area contributed by atoms with E-state index in [1.54, 1.807) is 13.4 Å². The van der Waals surface area contributed by atoms with Crippen LogP contribution in [0.1, 0.15) is 47.3 Å². The van der Waals surface area contributed by atoms with Gasteiger partial charge in [0, 0.05) is 6.54 Å². The summed E-state index contributed by atoms with van der Waals surface area (Å²) in [6.07, 6.45) is 1.75. The second-order valence-corrected chi connectivity index (χ2v) is 7.76. The summed E-state index contributed by atoms with van der Waals surface area (Å²) in [6, 6.07) is 15.5. The van der Waals surface area contributed by atoms with Crippen LogP contribution in [0.4, 0.5) is 0 Å². The SMILES string of the molecule is COc1ccc([C@@H]2Cn3cnc(C(=O)NCc4ccc(OC(C)C)cc4)c3CO2)cc1. The minimum atomic E-state index is -0.206. The van der Waals surface area contributed by atoms with Gasteiger partial charge in [-0.05, 0) is 49.2 Å². The van der Waals surface area contributed by atoms with E-state index in [-0.39, 0.29) is 18.1 Å². The van der Waals surface area contributed by atoms with Crippen molar-refractivity contribution in [3.05, 3.63) is 77.4 Å². The second kappa shape index (κ2) is 9.22. The van der Waals surface area contributed by atoms with E-state index >= 15 is 0 Å². The number of hydrogen-bond donors (Lipinski definition) is 1. The maximum atomic E-state index is 12.7. The van der Waals surface area contributed by atoms with E-state index in [0.717, 1.165) is 28.3 Å². The molecule has 2 aromatic carbocycles. The molecule has 0 fully saturated rings. The van der Waals surface area contributed by atoms with Crippen LogP contribution in [0, 0.1) is 0 Å². The number of carbonyl (C=O) groups excluding carboxylic acids is 1. The van der Waals surface area contributed by atoms with Gasteiger partial charge >= 0.3 is 0 Å². The molecule has 0 unspecified atom stereocenters. The normalized spacial score (nSPS) is 15.4. The first-order chi connectivity index (χ1) is 15.0. The third-order valence-electron chi connectivity index (χ3n) is 5.18. The van der Waals surface area contributed by atoms with Crippen molar-refractivity contribution in [3.8, 4) is 11.5 Å².